The van der Waals surface area contributed by atoms with Gasteiger partial charge in [-0.1, -0.05) is 27.7 Å². The highest BCUT2D eigenvalue weighted by Crippen LogP contribution is 2.15. The van der Waals surface area contributed by atoms with E-state index in [2.05, 4.69) is 50.1 Å². The molecule has 1 heterocycles. The van der Waals surface area contributed by atoms with Crippen molar-refractivity contribution in [2.45, 2.75) is 52.6 Å². The maximum Gasteiger partial charge on any atom is 0.0214 e. The first-order valence-electron chi connectivity index (χ1n) is 7.60. The number of piperidine rings is 1. The van der Waals surface area contributed by atoms with Gasteiger partial charge in [-0.15, -0.1) is 0 Å². The molecule has 18 heavy (non-hydrogen) atoms. The number of rotatable bonds is 5. The van der Waals surface area contributed by atoms with Crippen LogP contribution in [0.5, 0.6) is 0 Å². The van der Waals surface area contributed by atoms with Gasteiger partial charge < -0.3 is 15.1 Å². The molecule has 0 radical (unpaired) electrons. The first kappa shape index (κ1) is 17.9. The Morgan fingerprint density at radius 1 is 1.22 bits per heavy atom. The SMILES string of the molecule is CC.CNC(CN(C)C1CCN(C)CC1)C(C)C. The van der Waals surface area contributed by atoms with Crippen LogP contribution in [0.4, 0.5) is 0 Å². The maximum absolute atomic E-state index is 3.43. The molecular formula is C15H35N3. The van der Waals surface area contributed by atoms with Crippen molar-refractivity contribution in [3.8, 4) is 0 Å². The van der Waals surface area contributed by atoms with Gasteiger partial charge in [0.05, 0.1) is 0 Å². The maximum atomic E-state index is 3.43. The second-order valence-corrected chi connectivity index (χ2v) is 5.61. The molecule has 0 aromatic carbocycles. The zero-order chi connectivity index (χ0) is 14.1. The van der Waals surface area contributed by atoms with Gasteiger partial charge in [0.25, 0.3) is 0 Å². The molecule has 0 amide bonds. The van der Waals surface area contributed by atoms with Crippen molar-refractivity contribution in [2.75, 3.05) is 40.8 Å². The lowest BCUT2D eigenvalue weighted by molar-refractivity contribution is 0.129. The molecule has 1 rings (SSSR count). The van der Waals surface area contributed by atoms with Gasteiger partial charge in [0.15, 0.2) is 0 Å². The summed E-state index contributed by atoms with van der Waals surface area (Å²) in [5, 5.41) is 3.43. The molecule has 1 fully saturated rings. The lowest BCUT2D eigenvalue weighted by Crippen LogP contribution is -2.48. The van der Waals surface area contributed by atoms with Crippen molar-refractivity contribution in [3.05, 3.63) is 0 Å². The zero-order valence-corrected chi connectivity index (χ0v) is 13.7. The summed E-state index contributed by atoms with van der Waals surface area (Å²) in [6.45, 7) is 12.3. The number of likely N-dealkylation sites (N-methyl/N-ethyl adjacent to an activating group) is 2. The van der Waals surface area contributed by atoms with E-state index in [4.69, 9.17) is 0 Å². The summed E-state index contributed by atoms with van der Waals surface area (Å²) >= 11 is 0. The van der Waals surface area contributed by atoms with E-state index in [0.717, 1.165) is 6.04 Å². The molecule has 1 unspecified atom stereocenters. The summed E-state index contributed by atoms with van der Waals surface area (Å²) in [5.74, 6) is 0.707. The van der Waals surface area contributed by atoms with Crippen LogP contribution >= 0.6 is 0 Å². The van der Waals surface area contributed by atoms with Crippen molar-refractivity contribution >= 4 is 0 Å². The van der Waals surface area contributed by atoms with E-state index in [9.17, 15) is 0 Å². The monoisotopic (exact) mass is 257 g/mol. The fraction of sp³-hybridized carbons (Fsp3) is 1.00. The Balaban J connectivity index is 0.00000137. The van der Waals surface area contributed by atoms with Crippen LogP contribution in [0.1, 0.15) is 40.5 Å². The third-order valence-electron chi connectivity index (χ3n) is 3.97. The minimum atomic E-state index is 0.615. The lowest BCUT2D eigenvalue weighted by Gasteiger charge is -2.37. The molecule has 0 aromatic rings. The number of nitrogens with one attached hydrogen (secondary N) is 1. The smallest absolute Gasteiger partial charge is 0.0214 e. The third kappa shape index (κ3) is 6.17. The topological polar surface area (TPSA) is 18.5 Å². The molecule has 1 saturated heterocycles. The summed E-state index contributed by atoms with van der Waals surface area (Å²) in [7, 11) is 6.58. The van der Waals surface area contributed by atoms with E-state index in [1.165, 1.54) is 32.5 Å². The van der Waals surface area contributed by atoms with Crippen LogP contribution in [0, 0.1) is 5.92 Å². The van der Waals surface area contributed by atoms with Gasteiger partial charge in [-0.05, 0) is 53.0 Å². The van der Waals surface area contributed by atoms with Gasteiger partial charge in [-0.3, -0.25) is 0 Å². The lowest BCUT2D eigenvalue weighted by atomic mass is 10.0. The third-order valence-corrected chi connectivity index (χ3v) is 3.97. The molecule has 0 aromatic heterocycles. The number of hydrogen-bond donors (Lipinski definition) is 1. The van der Waals surface area contributed by atoms with E-state index >= 15 is 0 Å². The van der Waals surface area contributed by atoms with E-state index in [0.29, 0.717) is 12.0 Å². The van der Waals surface area contributed by atoms with Crippen molar-refractivity contribution in [1.29, 1.82) is 0 Å². The first-order chi connectivity index (χ1) is 8.54. The summed E-state index contributed by atoms with van der Waals surface area (Å²) in [6.07, 6.45) is 2.64. The molecule has 1 aliphatic heterocycles. The van der Waals surface area contributed by atoms with E-state index < -0.39 is 0 Å². The Morgan fingerprint density at radius 2 is 1.72 bits per heavy atom. The van der Waals surface area contributed by atoms with E-state index in [1.807, 2.05) is 13.8 Å². The van der Waals surface area contributed by atoms with Crippen LogP contribution < -0.4 is 5.32 Å². The number of likely N-dealkylation sites (tertiary alicyclic amines) is 1. The van der Waals surface area contributed by atoms with Crippen LogP contribution in [-0.2, 0) is 0 Å². The van der Waals surface area contributed by atoms with Crippen molar-refractivity contribution < 1.29 is 0 Å². The molecule has 3 nitrogen and oxygen atoms in total. The van der Waals surface area contributed by atoms with Crippen molar-refractivity contribution in [3.63, 3.8) is 0 Å². The largest absolute Gasteiger partial charge is 0.315 e. The van der Waals surface area contributed by atoms with Crippen molar-refractivity contribution in [2.24, 2.45) is 5.92 Å². The minimum absolute atomic E-state index is 0.615. The Hall–Kier alpha value is -0.120. The van der Waals surface area contributed by atoms with Gasteiger partial charge in [0.1, 0.15) is 0 Å². The number of nitrogens with zero attached hydrogens (tertiary/aromatic N) is 2. The Labute approximate surface area is 115 Å². The predicted molar refractivity (Wildman–Crippen MR) is 82.2 cm³/mol. The van der Waals surface area contributed by atoms with E-state index in [-0.39, 0.29) is 0 Å². The standard InChI is InChI=1S/C13H29N3.C2H6/c1-11(2)13(14-3)10-16(5)12-6-8-15(4)9-7-12;1-2/h11-14H,6-10H2,1-5H3;1-2H3. The van der Waals surface area contributed by atoms with Gasteiger partial charge >= 0.3 is 0 Å². The quantitative estimate of drug-likeness (QED) is 0.815. The molecule has 3 heteroatoms. The van der Waals surface area contributed by atoms with Crippen LogP contribution in [0.15, 0.2) is 0 Å². The van der Waals surface area contributed by atoms with Crippen LogP contribution in [0.25, 0.3) is 0 Å². The molecule has 0 spiro atoms. The summed E-state index contributed by atoms with van der Waals surface area (Å²) in [6, 6.07) is 1.40. The highest BCUT2D eigenvalue weighted by molar-refractivity contribution is 4.80. The summed E-state index contributed by atoms with van der Waals surface area (Å²) in [5.41, 5.74) is 0. The van der Waals surface area contributed by atoms with Gasteiger partial charge in [0, 0.05) is 18.6 Å². The highest BCUT2D eigenvalue weighted by atomic mass is 15.2. The van der Waals surface area contributed by atoms with Gasteiger partial charge in [0.2, 0.25) is 0 Å². The zero-order valence-electron chi connectivity index (χ0n) is 13.7. The van der Waals surface area contributed by atoms with Gasteiger partial charge in [-0.25, -0.2) is 0 Å². The van der Waals surface area contributed by atoms with Gasteiger partial charge in [-0.2, -0.15) is 0 Å². The molecule has 1 atom stereocenters. The predicted octanol–water partition coefficient (Wildman–Crippen LogP) is 2.28. The Morgan fingerprint density at radius 3 is 2.11 bits per heavy atom. The molecule has 0 bridgehead atoms. The highest BCUT2D eigenvalue weighted by Gasteiger charge is 2.23. The summed E-state index contributed by atoms with van der Waals surface area (Å²) in [4.78, 5) is 4.98. The molecule has 1 aliphatic rings. The molecular weight excluding hydrogens is 222 g/mol. The Bertz CT molecular complexity index is 186. The number of hydrogen-bond acceptors (Lipinski definition) is 3. The first-order valence-corrected chi connectivity index (χ1v) is 7.60. The summed E-state index contributed by atoms with van der Waals surface area (Å²) < 4.78 is 0. The Kier molecular flexibility index (Phi) is 9.70. The van der Waals surface area contributed by atoms with Crippen LogP contribution in [-0.4, -0.2) is 62.7 Å². The van der Waals surface area contributed by atoms with Crippen LogP contribution in [0.3, 0.4) is 0 Å². The molecule has 1 N–H and O–H groups in total. The molecule has 110 valence electrons. The second kappa shape index (κ2) is 9.76. The van der Waals surface area contributed by atoms with Crippen molar-refractivity contribution in [1.82, 2.24) is 15.1 Å². The fourth-order valence-corrected chi connectivity index (χ4v) is 2.53. The molecule has 0 saturated carbocycles. The van der Waals surface area contributed by atoms with E-state index in [1.54, 1.807) is 0 Å². The molecule has 0 aliphatic carbocycles. The second-order valence-electron chi connectivity index (χ2n) is 5.61. The fourth-order valence-electron chi connectivity index (χ4n) is 2.53. The average Bonchev–Trinajstić information content (AvgIpc) is 2.38. The minimum Gasteiger partial charge on any atom is -0.315 e. The van der Waals surface area contributed by atoms with Crippen LogP contribution in [0.2, 0.25) is 0 Å². The normalized spacial score (nSPS) is 19.8. The average molecular weight is 257 g/mol.